The molecule has 0 spiro atoms. The van der Waals surface area contributed by atoms with Gasteiger partial charge in [-0.25, -0.2) is 4.79 Å². The van der Waals surface area contributed by atoms with Gasteiger partial charge in [0.1, 0.15) is 0 Å². The average molecular weight is 529 g/mol. The van der Waals surface area contributed by atoms with Crippen molar-refractivity contribution in [1.82, 2.24) is 4.90 Å². The summed E-state index contributed by atoms with van der Waals surface area (Å²) in [4.78, 5) is 47.6. The van der Waals surface area contributed by atoms with E-state index in [9.17, 15) is 19.2 Å². The highest BCUT2D eigenvalue weighted by atomic mass is 16.4. The lowest BCUT2D eigenvalue weighted by Crippen LogP contribution is -2.48. The quantitative estimate of drug-likeness (QED) is 0.363. The van der Waals surface area contributed by atoms with E-state index in [1.54, 1.807) is 0 Å². The molecule has 1 saturated heterocycles. The third-order valence-corrected chi connectivity index (χ3v) is 6.58. The van der Waals surface area contributed by atoms with Crippen molar-refractivity contribution < 1.29 is 39.6 Å². The van der Waals surface area contributed by atoms with Crippen LogP contribution in [0.15, 0.2) is 60.7 Å². The Bertz CT molecular complexity index is 1050. The number of nitrogens with zero attached hydrogens (tertiary/aromatic N) is 2. The van der Waals surface area contributed by atoms with Crippen molar-refractivity contribution in [2.45, 2.75) is 63.6 Å². The van der Waals surface area contributed by atoms with E-state index < -0.39 is 36.4 Å². The van der Waals surface area contributed by atoms with Gasteiger partial charge in [0.2, 0.25) is 5.91 Å². The van der Waals surface area contributed by atoms with Crippen LogP contribution in [0, 0.1) is 0 Å². The first kappa shape index (κ1) is 30.5. The standard InChI is InChI=1S/C22H28N2O.C6H8O7/c1-3-22(25)24(20-12-8-5-9-13-20)21-14-16-23(17-15-21)18(2)19-10-6-4-7-11-19;7-3(8)1-6(13,5(11)12)2-4(9)10/h4-13,18,21H,3,14-17H2,1-2H3;13H,1-2H2,(H,7,8)(H,9,10)(H,11,12). The molecule has 4 N–H and O–H groups in total. The molecule has 2 aromatic rings. The van der Waals surface area contributed by atoms with Crippen LogP contribution in [0.5, 0.6) is 0 Å². The number of rotatable bonds is 10. The predicted molar refractivity (Wildman–Crippen MR) is 141 cm³/mol. The van der Waals surface area contributed by atoms with Crippen molar-refractivity contribution >= 4 is 29.5 Å². The molecule has 38 heavy (non-hydrogen) atoms. The molecule has 1 aliphatic heterocycles. The Labute approximate surface area is 222 Å². The minimum absolute atomic E-state index is 0.223. The van der Waals surface area contributed by atoms with Crippen LogP contribution in [0.1, 0.15) is 57.6 Å². The van der Waals surface area contributed by atoms with Gasteiger partial charge in [0.05, 0.1) is 12.8 Å². The van der Waals surface area contributed by atoms with E-state index >= 15 is 0 Å². The van der Waals surface area contributed by atoms with Crippen molar-refractivity contribution in [3.8, 4) is 0 Å². The van der Waals surface area contributed by atoms with Crippen molar-refractivity contribution in [2.24, 2.45) is 0 Å². The summed E-state index contributed by atoms with van der Waals surface area (Å²) in [6, 6.07) is 21.5. The molecule has 1 fully saturated rings. The van der Waals surface area contributed by atoms with Gasteiger partial charge in [0.25, 0.3) is 0 Å². The van der Waals surface area contributed by atoms with E-state index in [4.69, 9.17) is 20.4 Å². The number of hydrogen-bond acceptors (Lipinski definition) is 6. The SMILES string of the molecule is CCC(=O)N(c1ccccc1)C1CCN(C(C)c2ccccc2)CC1.O=C(O)CC(O)(CC(=O)O)C(=O)O. The van der Waals surface area contributed by atoms with E-state index in [1.807, 2.05) is 42.2 Å². The van der Waals surface area contributed by atoms with Crippen LogP contribution in [-0.2, 0) is 19.2 Å². The first-order valence-electron chi connectivity index (χ1n) is 12.5. The molecular weight excluding hydrogens is 492 g/mol. The number of para-hydroxylation sites is 1. The Hall–Kier alpha value is -3.76. The molecule has 0 bridgehead atoms. The summed E-state index contributed by atoms with van der Waals surface area (Å²) in [6.45, 7) is 6.29. The Morgan fingerprint density at radius 1 is 0.895 bits per heavy atom. The molecule has 3 rings (SSSR count). The number of amides is 1. The number of benzene rings is 2. The zero-order chi connectivity index (χ0) is 28.3. The monoisotopic (exact) mass is 528 g/mol. The van der Waals surface area contributed by atoms with Crippen LogP contribution in [0.25, 0.3) is 0 Å². The van der Waals surface area contributed by atoms with Gasteiger partial charge in [0.15, 0.2) is 5.60 Å². The van der Waals surface area contributed by atoms with Gasteiger partial charge in [-0.2, -0.15) is 0 Å². The van der Waals surface area contributed by atoms with Crippen molar-refractivity contribution in [3.05, 3.63) is 66.2 Å². The minimum atomic E-state index is -2.74. The van der Waals surface area contributed by atoms with Gasteiger partial charge >= 0.3 is 17.9 Å². The van der Waals surface area contributed by atoms with Crippen LogP contribution in [-0.4, -0.2) is 73.9 Å². The van der Waals surface area contributed by atoms with E-state index in [-0.39, 0.29) is 5.91 Å². The van der Waals surface area contributed by atoms with Crippen LogP contribution in [0.2, 0.25) is 0 Å². The summed E-state index contributed by atoms with van der Waals surface area (Å²) in [7, 11) is 0. The second-order valence-electron chi connectivity index (χ2n) is 9.28. The fraction of sp³-hybridized carbons (Fsp3) is 0.429. The average Bonchev–Trinajstić information content (AvgIpc) is 2.89. The van der Waals surface area contributed by atoms with Gasteiger partial charge in [-0.15, -0.1) is 0 Å². The normalized spacial score (nSPS) is 15.0. The highest BCUT2D eigenvalue weighted by Crippen LogP contribution is 2.29. The highest BCUT2D eigenvalue weighted by Gasteiger charge is 2.40. The Kier molecular flexibility index (Phi) is 11.4. The first-order chi connectivity index (χ1) is 18.0. The predicted octanol–water partition coefficient (Wildman–Crippen LogP) is 3.41. The van der Waals surface area contributed by atoms with Crippen molar-refractivity contribution in [1.29, 1.82) is 0 Å². The maximum atomic E-state index is 12.6. The number of carbonyl (C=O) groups is 4. The number of carboxylic acid groups (broad SMARTS) is 3. The van der Waals surface area contributed by atoms with Crippen LogP contribution < -0.4 is 4.90 Å². The van der Waals surface area contributed by atoms with Crippen molar-refractivity contribution in [2.75, 3.05) is 18.0 Å². The molecule has 1 amide bonds. The molecular formula is C28H36N2O8. The van der Waals surface area contributed by atoms with Gasteiger partial charge in [-0.3, -0.25) is 19.3 Å². The molecule has 1 atom stereocenters. The summed E-state index contributed by atoms with van der Waals surface area (Å²) >= 11 is 0. The molecule has 10 nitrogen and oxygen atoms in total. The molecule has 1 unspecified atom stereocenters. The number of anilines is 1. The van der Waals surface area contributed by atoms with E-state index in [2.05, 4.69) is 42.2 Å². The molecule has 0 aliphatic carbocycles. The molecule has 2 aromatic carbocycles. The first-order valence-corrected chi connectivity index (χ1v) is 12.5. The Morgan fingerprint density at radius 3 is 1.79 bits per heavy atom. The Balaban J connectivity index is 0.000000332. The smallest absolute Gasteiger partial charge is 0.336 e. The van der Waals surface area contributed by atoms with Gasteiger partial charge in [-0.1, -0.05) is 55.5 Å². The highest BCUT2D eigenvalue weighted by molar-refractivity contribution is 5.93. The topological polar surface area (TPSA) is 156 Å². The van der Waals surface area contributed by atoms with E-state index in [1.165, 1.54) is 5.56 Å². The molecule has 0 radical (unpaired) electrons. The fourth-order valence-corrected chi connectivity index (χ4v) is 4.51. The number of carbonyl (C=O) groups excluding carboxylic acids is 1. The number of piperidine rings is 1. The molecule has 206 valence electrons. The van der Waals surface area contributed by atoms with Crippen molar-refractivity contribution in [3.63, 3.8) is 0 Å². The summed E-state index contributed by atoms with van der Waals surface area (Å²) in [5, 5.41) is 33.8. The largest absolute Gasteiger partial charge is 0.481 e. The Morgan fingerprint density at radius 2 is 1.37 bits per heavy atom. The summed E-state index contributed by atoms with van der Waals surface area (Å²) in [5.41, 5.74) is -0.341. The lowest BCUT2D eigenvalue weighted by molar-refractivity contribution is -0.170. The minimum Gasteiger partial charge on any atom is -0.481 e. The molecule has 1 aliphatic rings. The fourth-order valence-electron chi connectivity index (χ4n) is 4.51. The molecule has 0 saturated carbocycles. The number of likely N-dealkylation sites (tertiary alicyclic amines) is 1. The summed E-state index contributed by atoms with van der Waals surface area (Å²) < 4.78 is 0. The van der Waals surface area contributed by atoms with Crippen LogP contribution in [0.4, 0.5) is 5.69 Å². The van der Waals surface area contributed by atoms with Gasteiger partial charge < -0.3 is 25.3 Å². The van der Waals surface area contributed by atoms with Gasteiger partial charge in [-0.05, 0) is 37.5 Å². The second-order valence-corrected chi connectivity index (χ2v) is 9.28. The molecule has 0 aromatic heterocycles. The number of aliphatic hydroxyl groups is 1. The lowest BCUT2D eigenvalue weighted by Gasteiger charge is -2.41. The van der Waals surface area contributed by atoms with Crippen LogP contribution >= 0.6 is 0 Å². The van der Waals surface area contributed by atoms with Crippen LogP contribution in [0.3, 0.4) is 0 Å². The van der Waals surface area contributed by atoms with E-state index in [0.717, 1.165) is 31.6 Å². The zero-order valence-electron chi connectivity index (χ0n) is 21.7. The number of hydrogen-bond donors (Lipinski definition) is 4. The van der Waals surface area contributed by atoms with Gasteiger partial charge in [0, 0.05) is 37.3 Å². The van der Waals surface area contributed by atoms with E-state index in [0.29, 0.717) is 18.5 Å². The lowest BCUT2D eigenvalue weighted by atomic mass is 9.96. The molecule has 1 heterocycles. The third kappa shape index (κ3) is 8.67. The maximum Gasteiger partial charge on any atom is 0.336 e. The number of carboxylic acids is 3. The molecule has 10 heteroatoms. The maximum absolute atomic E-state index is 12.6. The third-order valence-electron chi connectivity index (χ3n) is 6.58. The number of aliphatic carboxylic acids is 3. The zero-order valence-corrected chi connectivity index (χ0v) is 21.7. The summed E-state index contributed by atoms with van der Waals surface area (Å²) in [5.74, 6) is -4.80. The summed E-state index contributed by atoms with van der Waals surface area (Å²) in [6.07, 6.45) is 0.314. The second kappa shape index (κ2) is 14.3.